The molecule has 3 nitrogen and oxygen atoms in total. The van der Waals surface area contributed by atoms with Gasteiger partial charge in [0, 0.05) is 29.0 Å². The number of thiophene rings is 2. The van der Waals surface area contributed by atoms with Gasteiger partial charge in [0.1, 0.15) is 6.10 Å². The first kappa shape index (κ1) is 16.9. The summed E-state index contributed by atoms with van der Waals surface area (Å²) in [6, 6.07) is 13.9. The SMILES string of the molecule is CO[C@H](CNC(=O)c1ccc(-c2ccsc2)cc1)c1ccc(C)s1. The van der Waals surface area contributed by atoms with E-state index in [0.29, 0.717) is 12.1 Å². The third kappa shape index (κ3) is 3.93. The molecule has 0 fully saturated rings. The quantitative estimate of drug-likeness (QED) is 0.681. The summed E-state index contributed by atoms with van der Waals surface area (Å²) < 4.78 is 5.50. The lowest BCUT2D eigenvalue weighted by atomic mass is 10.1. The third-order valence-corrected chi connectivity index (χ3v) is 5.59. The van der Waals surface area contributed by atoms with Crippen molar-refractivity contribution >= 4 is 28.6 Å². The fourth-order valence-corrected chi connectivity index (χ4v) is 4.08. The van der Waals surface area contributed by atoms with E-state index in [-0.39, 0.29) is 12.0 Å². The lowest BCUT2D eigenvalue weighted by Crippen LogP contribution is -2.28. The average Bonchev–Trinajstić information content (AvgIpc) is 3.27. The maximum atomic E-state index is 12.3. The van der Waals surface area contributed by atoms with Crippen LogP contribution in [0.2, 0.25) is 0 Å². The third-order valence-electron chi connectivity index (χ3n) is 3.81. The van der Waals surface area contributed by atoms with E-state index in [4.69, 9.17) is 4.74 Å². The largest absolute Gasteiger partial charge is 0.374 e. The van der Waals surface area contributed by atoms with E-state index in [0.717, 1.165) is 10.4 Å². The second-order valence-corrected chi connectivity index (χ2v) is 7.57. The van der Waals surface area contributed by atoms with E-state index in [1.54, 1.807) is 29.8 Å². The molecule has 0 aliphatic rings. The standard InChI is InChI=1S/C19H19NO2S2/c1-13-3-8-18(24-13)17(22-2)11-20-19(21)15-6-4-14(5-7-15)16-9-10-23-12-16/h3-10,12,17H,11H2,1-2H3,(H,20,21)/t17-/m1/s1. The number of nitrogens with one attached hydrogen (secondary N) is 1. The van der Waals surface area contributed by atoms with Crippen molar-refractivity contribution in [2.45, 2.75) is 13.0 Å². The van der Waals surface area contributed by atoms with E-state index in [2.05, 4.69) is 35.8 Å². The van der Waals surface area contributed by atoms with E-state index < -0.39 is 0 Å². The van der Waals surface area contributed by atoms with Crippen molar-refractivity contribution in [2.75, 3.05) is 13.7 Å². The smallest absolute Gasteiger partial charge is 0.251 e. The highest BCUT2D eigenvalue weighted by molar-refractivity contribution is 7.12. The molecule has 1 N–H and O–H groups in total. The number of methoxy groups -OCH3 is 1. The lowest BCUT2D eigenvalue weighted by molar-refractivity contribution is 0.0837. The zero-order chi connectivity index (χ0) is 16.9. The minimum atomic E-state index is -0.113. The van der Waals surface area contributed by atoms with Crippen molar-refractivity contribution in [3.05, 3.63) is 68.5 Å². The van der Waals surface area contributed by atoms with Gasteiger partial charge in [0.2, 0.25) is 0 Å². The molecular weight excluding hydrogens is 338 g/mol. The van der Waals surface area contributed by atoms with Crippen molar-refractivity contribution in [1.29, 1.82) is 0 Å². The van der Waals surface area contributed by atoms with Gasteiger partial charge < -0.3 is 10.1 Å². The first-order chi connectivity index (χ1) is 11.7. The molecule has 1 aromatic carbocycles. The number of hydrogen-bond donors (Lipinski definition) is 1. The van der Waals surface area contributed by atoms with Crippen LogP contribution in [0.15, 0.2) is 53.2 Å². The highest BCUT2D eigenvalue weighted by Gasteiger charge is 2.14. The van der Waals surface area contributed by atoms with Gasteiger partial charge in [-0.3, -0.25) is 4.79 Å². The van der Waals surface area contributed by atoms with Gasteiger partial charge in [-0.2, -0.15) is 11.3 Å². The summed E-state index contributed by atoms with van der Waals surface area (Å²) in [4.78, 5) is 14.7. The number of amides is 1. The molecule has 1 amide bonds. The first-order valence-corrected chi connectivity index (χ1v) is 9.43. The van der Waals surface area contributed by atoms with Crippen LogP contribution in [0.4, 0.5) is 0 Å². The number of hydrogen-bond acceptors (Lipinski definition) is 4. The average molecular weight is 358 g/mol. The molecule has 2 aromatic heterocycles. The Morgan fingerprint density at radius 3 is 2.50 bits per heavy atom. The molecule has 1 atom stereocenters. The zero-order valence-electron chi connectivity index (χ0n) is 13.6. The maximum absolute atomic E-state index is 12.3. The molecule has 0 aliphatic heterocycles. The number of rotatable bonds is 6. The molecule has 0 spiro atoms. The van der Waals surface area contributed by atoms with E-state index in [1.807, 2.05) is 29.6 Å². The molecule has 0 saturated heterocycles. The van der Waals surface area contributed by atoms with Crippen molar-refractivity contribution in [1.82, 2.24) is 5.32 Å². The summed E-state index contributed by atoms with van der Waals surface area (Å²) in [6.45, 7) is 2.52. The van der Waals surface area contributed by atoms with Gasteiger partial charge in [-0.1, -0.05) is 12.1 Å². The number of carbonyl (C=O) groups is 1. The van der Waals surface area contributed by atoms with Crippen molar-refractivity contribution in [3.63, 3.8) is 0 Å². The summed E-state index contributed by atoms with van der Waals surface area (Å²) in [7, 11) is 1.67. The first-order valence-electron chi connectivity index (χ1n) is 7.67. The van der Waals surface area contributed by atoms with Crippen molar-refractivity contribution in [2.24, 2.45) is 0 Å². The molecule has 0 saturated carbocycles. The molecule has 3 aromatic rings. The Balaban J connectivity index is 1.62. The number of ether oxygens (including phenoxy) is 1. The second kappa shape index (κ2) is 7.75. The van der Waals surface area contributed by atoms with Crippen LogP contribution < -0.4 is 5.32 Å². The topological polar surface area (TPSA) is 38.3 Å². The van der Waals surface area contributed by atoms with Crippen LogP contribution in [-0.2, 0) is 4.74 Å². The Kier molecular flexibility index (Phi) is 5.45. The van der Waals surface area contributed by atoms with Crippen molar-refractivity contribution in [3.8, 4) is 11.1 Å². The van der Waals surface area contributed by atoms with Gasteiger partial charge >= 0.3 is 0 Å². The van der Waals surface area contributed by atoms with Crippen LogP contribution >= 0.6 is 22.7 Å². The molecule has 3 rings (SSSR count). The number of carbonyl (C=O) groups excluding carboxylic acids is 1. The molecule has 0 bridgehead atoms. The fraction of sp³-hybridized carbons (Fsp3) is 0.211. The Labute approximate surface area is 149 Å². The Hall–Kier alpha value is -1.95. The summed E-state index contributed by atoms with van der Waals surface area (Å²) in [6.07, 6.45) is -0.113. The van der Waals surface area contributed by atoms with Crippen LogP contribution in [0.1, 0.15) is 26.2 Å². The van der Waals surface area contributed by atoms with Gasteiger partial charge in [-0.25, -0.2) is 0 Å². The summed E-state index contributed by atoms with van der Waals surface area (Å²) >= 11 is 3.36. The van der Waals surface area contributed by atoms with Gasteiger partial charge in [-0.15, -0.1) is 11.3 Å². The monoisotopic (exact) mass is 357 g/mol. The van der Waals surface area contributed by atoms with E-state index in [9.17, 15) is 4.79 Å². The highest BCUT2D eigenvalue weighted by Crippen LogP contribution is 2.25. The number of benzene rings is 1. The molecule has 0 radical (unpaired) electrons. The Bertz CT molecular complexity index is 791. The van der Waals surface area contributed by atoms with Crippen LogP contribution in [0.3, 0.4) is 0 Å². The van der Waals surface area contributed by atoms with Gasteiger partial charge in [0.15, 0.2) is 0 Å². The molecule has 5 heteroatoms. The Morgan fingerprint density at radius 2 is 1.92 bits per heavy atom. The molecule has 24 heavy (non-hydrogen) atoms. The van der Waals surface area contributed by atoms with Crippen LogP contribution in [0, 0.1) is 6.92 Å². The predicted molar refractivity (Wildman–Crippen MR) is 101 cm³/mol. The maximum Gasteiger partial charge on any atom is 0.251 e. The van der Waals surface area contributed by atoms with Gasteiger partial charge in [-0.05, 0) is 59.1 Å². The minimum absolute atomic E-state index is 0.0813. The molecule has 2 heterocycles. The predicted octanol–water partition coefficient (Wildman–Crippen LogP) is 4.90. The van der Waals surface area contributed by atoms with Crippen LogP contribution in [0.5, 0.6) is 0 Å². The fourth-order valence-electron chi connectivity index (χ4n) is 2.46. The summed E-state index contributed by atoms with van der Waals surface area (Å²) in [5, 5.41) is 7.10. The molecule has 0 aliphatic carbocycles. The summed E-state index contributed by atoms with van der Waals surface area (Å²) in [5.74, 6) is -0.0813. The normalized spacial score (nSPS) is 12.1. The Morgan fingerprint density at radius 1 is 1.12 bits per heavy atom. The molecule has 124 valence electrons. The van der Waals surface area contributed by atoms with E-state index >= 15 is 0 Å². The highest BCUT2D eigenvalue weighted by atomic mass is 32.1. The second-order valence-electron chi connectivity index (χ2n) is 5.47. The minimum Gasteiger partial charge on any atom is -0.374 e. The van der Waals surface area contributed by atoms with Crippen molar-refractivity contribution < 1.29 is 9.53 Å². The van der Waals surface area contributed by atoms with Gasteiger partial charge in [0.25, 0.3) is 5.91 Å². The van der Waals surface area contributed by atoms with E-state index in [1.165, 1.54) is 10.4 Å². The van der Waals surface area contributed by atoms with Crippen LogP contribution in [0.25, 0.3) is 11.1 Å². The molecular formula is C19H19NO2S2. The van der Waals surface area contributed by atoms with Gasteiger partial charge in [0.05, 0.1) is 0 Å². The van der Waals surface area contributed by atoms with Crippen LogP contribution in [-0.4, -0.2) is 19.6 Å². The summed E-state index contributed by atoms with van der Waals surface area (Å²) in [5.41, 5.74) is 2.96. The number of aryl methyl sites for hydroxylation is 1. The molecule has 0 unspecified atom stereocenters. The lowest BCUT2D eigenvalue weighted by Gasteiger charge is -2.14. The zero-order valence-corrected chi connectivity index (χ0v) is 15.2.